The molecule has 0 saturated carbocycles. The second kappa shape index (κ2) is 7.44. The number of benzene rings is 1. The van der Waals surface area contributed by atoms with Crippen LogP contribution in [0.25, 0.3) is 16.9 Å². The van der Waals surface area contributed by atoms with Gasteiger partial charge in [-0.2, -0.15) is 0 Å². The maximum atomic E-state index is 6.73. The Morgan fingerprint density at radius 1 is 1.03 bits per heavy atom. The van der Waals surface area contributed by atoms with E-state index in [1.807, 2.05) is 47.5 Å². The molecule has 0 radical (unpaired) electrons. The van der Waals surface area contributed by atoms with E-state index in [1.165, 1.54) is 11.1 Å². The lowest BCUT2D eigenvalue weighted by Gasteiger charge is -2.42. The van der Waals surface area contributed by atoms with Gasteiger partial charge in [0, 0.05) is 49.5 Å². The number of nitrogens with zero attached hydrogens (tertiary/aromatic N) is 5. The van der Waals surface area contributed by atoms with Crippen molar-refractivity contribution in [2.45, 2.75) is 25.3 Å². The van der Waals surface area contributed by atoms with E-state index in [0.29, 0.717) is 10.0 Å². The lowest BCUT2D eigenvalue weighted by Crippen LogP contribution is -2.44. The summed E-state index contributed by atoms with van der Waals surface area (Å²) >= 11 is 12.7. The molecule has 1 unspecified atom stereocenters. The van der Waals surface area contributed by atoms with Crippen molar-refractivity contribution in [2.24, 2.45) is 11.1 Å². The number of hydrogen-bond acceptors (Lipinski definition) is 5. The average molecular weight is 465 g/mol. The molecule has 1 atom stereocenters. The van der Waals surface area contributed by atoms with Crippen LogP contribution in [0.5, 0.6) is 0 Å². The largest absolute Gasteiger partial charge is 0.355 e. The van der Waals surface area contributed by atoms with E-state index in [9.17, 15) is 0 Å². The third-order valence-corrected chi connectivity index (χ3v) is 7.99. The molecule has 1 saturated heterocycles. The molecule has 3 aromatic heterocycles. The molecule has 8 heteroatoms. The number of nitrogens with two attached hydrogens (primary N) is 1. The van der Waals surface area contributed by atoms with Gasteiger partial charge in [0.1, 0.15) is 11.3 Å². The number of hydrogen-bond donors (Lipinski definition) is 1. The standard InChI is InChI=1S/C24H22Cl2N6/c25-18-3-1-2-17(20(18)26)22-30-14-19-23(29-8-11-32(19)22)31-9-5-24(6-10-31)12-15-13-28-7-4-16(15)21(24)27/h1-4,7-8,11,13-14,21H,5-6,9-10,12,27H2. The van der Waals surface area contributed by atoms with Crippen LogP contribution in [-0.2, 0) is 6.42 Å². The summed E-state index contributed by atoms with van der Waals surface area (Å²) in [5.74, 6) is 1.69. The summed E-state index contributed by atoms with van der Waals surface area (Å²) in [5, 5.41) is 1.02. The number of rotatable bonds is 2. The van der Waals surface area contributed by atoms with Gasteiger partial charge in [-0.1, -0.05) is 29.3 Å². The number of imidazole rings is 1. The fourth-order valence-corrected chi connectivity index (χ4v) is 5.78. The number of anilines is 1. The first kappa shape index (κ1) is 20.0. The predicted molar refractivity (Wildman–Crippen MR) is 127 cm³/mol. The number of fused-ring (bicyclic) bond motifs is 2. The van der Waals surface area contributed by atoms with Crippen LogP contribution in [0.4, 0.5) is 5.82 Å². The highest BCUT2D eigenvalue weighted by Gasteiger charge is 2.46. The fraction of sp³-hybridized carbons (Fsp3) is 0.292. The molecule has 0 bridgehead atoms. The summed E-state index contributed by atoms with van der Waals surface area (Å²) in [6.45, 7) is 1.81. The lowest BCUT2D eigenvalue weighted by atomic mass is 9.73. The Balaban J connectivity index is 1.31. The van der Waals surface area contributed by atoms with Crippen molar-refractivity contribution in [3.8, 4) is 11.4 Å². The Hall–Kier alpha value is -2.67. The van der Waals surface area contributed by atoms with Crippen LogP contribution in [0.1, 0.15) is 30.0 Å². The van der Waals surface area contributed by atoms with E-state index in [-0.39, 0.29) is 11.5 Å². The number of pyridine rings is 1. The quantitative estimate of drug-likeness (QED) is 0.454. The first-order valence-corrected chi connectivity index (χ1v) is 11.5. The van der Waals surface area contributed by atoms with Crippen molar-refractivity contribution >= 4 is 34.5 Å². The molecular weight excluding hydrogens is 443 g/mol. The molecule has 2 aliphatic rings. The van der Waals surface area contributed by atoms with Crippen LogP contribution in [0.3, 0.4) is 0 Å². The molecule has 6 nitrogen and oxygen atoms in total. The number of halogens is 2. The van der Waals surface area contributed by atoms with Crippen LogP contribution >= 0.6 is 23.2 Å². The molecule has 1 spiro atoms. The maximum Gasteiger partial charge on any atom is 0.154 e. The van der Waals surface area contributed by atoms with Gasteiger partial charge in [0.05, 0.1) is 16.2 Å². The Morgan fingerprint density at radius 3 is 2.69 bits per heavy atom. The molecule has 1 aromatic carbocycles. The Bertz CT molecular complexity index is 1330. The Morgan fingerprint density at radius 2 is 1.88 bits per heavy atom. The zero-order chi connectivity index (χ0) is 21.9. The topological polar surface area (TPSA) is 72.3 Å². The zero-order valence-corrected chi connectivity index (χ0v) is 18.9. The fourth-order valence-electron chi connectivity index (χ4n) is 5.39. The summed E-state index contributed by atoms with van der Waals surface area (Å²) in [6.07, 6.45) is 12.5. The van der Waals surface area contributed by atoms with Gasteiger partial charge >= 0.3 is 0 Å². The predicted octanol–water partition coefficient (Wildman–Crippen LogP) is 4.94. The third-order valence-electron chi connectivity index (χ3n) is 7.17. The molecule has 2 N–H and O–H groups in total. The van der Waals surface area contributed by atoms with E-state index in [2.05, 4.69) is 20.9 Å². The Labute approximate surface area is 196 Å². The highest BCUT2D eigenvalue weighted by atomic mass is 35.5. The monoisotopic (exact) mass is 464 g/mol. The van der Waals surface area contributed by atoms with Gasteiger partial charge in [0.15, 0.2) is 5.82 Å². The molecule has 162 valence electrons. The van der Waals surface area contributed by atoms with Gasteiger partial charge in [-0.25, -0.2) is 9.97 Å². The molecule has 1 aliphatic carbocycles. The normalized spacial score (nSPS) is 19.6. The molecule has 1 fully saturated rings. The highest BCUT2D eigenvalue weighted by Crippen LogP contribution is 2.51. The second-order valence-corrected chi connectivity index (χ2v) is 9.55. The van der Waals surface area contributed by atoms with Gasteiger partial charge in [0.2, 0.25) is 0 Å². The van der Waals surface area contributed by atoms with Gasteiger partial charge in [-0.15, -0.1) is 0 Å². The lowest BCUT2D eigenvalue weighted by molar-refractivity contribution is 0.187. The average Bonchev–Trinajstić information content (AvgIpc) is 3.36. The molecule has 32 heavy (non-hydrogen) atoms. The summed E-state index contributed by atoms with van der Waals surface area (Å²) in [6, 6.07) is 7.75. The Kier molecular flexibility index (Phi) is 4.64. The smallest absolute Gasteiger partial charge is 0.154 e. The van der Waals surface area contributed by atoms with Crippen LogP contribution in [0, 0.1) is 5.41 Å². The second-order valence-electron chi connectivity index (χ2n) is 8.77. The van der Waals surface area contributed by atoms with Crippen LogP contribution in [0.15, 0.2) is 55.2 Å². The zero-order valence-electron chi connectivity index (χ0n) is 17.4. The molecule has 1 aliphatic heterocycles. The first-order valence-electron chi connectivity index (χ1n) is 10.8. The minimum absolute atomic E-state index is 0.0675. The molecule has 6 rings (SSSR count). The highest BCUT2D eigenvalue weighted by molar-refractivity contribution is 6.43. The van der Waals surface area contributed by atoms with Gasteiger partial charge in [-0.05, 0) is 54.0 Å². The van der Waals surface area contributed by atoms with E-state index >= 15 is 0 Å². The summed E-state index contributed by atoms with van der Waals surface area (Å²) < 4.78 is 2.03. The summed E-state index contributed by atoms with van der Waals surface area (Å²) in [7, 11) is 0. The van der Waals surface area contributed by atoms with Crippen molar-refractivity contribution in [3.63, 3.8) is 0 Å². The maximum absolute atomic E-state index is 6.73. The molecular formula is C24H22Cl2N6. The van der Waals surface area contributed by atoms with E-state index in [4.69, 9.17) is 33.9 Å². The van der Waals surface area contributed by atoms with E-state index < -0.39 is 0 Å². The summed E-state index contributed by atoms with van der Waals surface area (Å²) in [5.41, 5.74) is 11.1. The molecule has 4 heterocycles. The van der Waals surface area contributed by atoms with Crippen molar-refractivity contribution in [2.75, 3.05) is 18.0 Å². The van der Waals surface area contributed by atoms with Gasteiger partial charge in [-0.3, -0.25) is 9.38 Å². The van der Waals surface area contributed by atoms with Crippen LogP contribution in [0.2, 0.25) is 10.0 Å². The third kappa shape index (κ3) is 2.94. The van der Waals surface area contributed by atoms with Gasteiger partial charge in [0.25, 0.3) is 0 Å². The van der Waals surface area contributed by atoms with Crippen LogP contribution < -0.4 is 10.6 Å². The van der Waals surface area contributed by atoms with Crippen molar-refractivity contribution in [1.29, 1.82) is 0 Å². The van der Waals surface area contributed by atoms with Crippen molar-refractivity contribution in [1.82, 2.24) is 19.4 Å². The van der Waals surface area contributed by atoms with E-state index in [0.717, 1.165) is 55.1 Å². The first-order chi connectivity index (χ1) is 15.6. The molecule has 4 aromatic rings. The van der Waals surface area contributed by atoms with Crippen molar-refractivity contribution in [3.05, 3.63) is 76.4 Å². The number of aromatic nitrogens is 4. The minimum atomic E-state index is 0.0675. The van der Waals surface area contributed by atoms with Gasteiger partial charge < -0.3 is 10.6 Å². The minimum Gasteiger partial charge on any atom is -0.355 e. The SMILES string of the molecule is NC1c2ccncc2CC12CCN(c1nccn3c(-c4cccc(Cl)c4Cl)ncc13)CC2. The molecule has 0 amide bonds. The van der Waals surface area contributed by atoms with Crippen molar-refractivity contribution < 1.29 is 0 Å². The number of piperidine rings is 1. The van der Waals surface area contributed by atoms with Crippen LogP contribution in [-0.4, -0.2) is 32.4 Å². The summed E-state index contributed by atoms with van der Waals surface area (Å²) in [4.78, 5) is 16.0. The van der Waals surface area contributed by atoms with E-state index in [1.54, 1.807) is 6.07 Å².